The molecule has 0 amide bonds. The Morgan fingerprint density at radius 2 is 2.10 bits per heavy atom. The molecule has 0 saturated heterocycles. The van der Waals surface area contributed by atoms with Crippen LogP contribution in [0.5, 0.6) is 0 Å². The highest BCUT2D eigenvalue weighted by molar-refractivity contribution is 5.18. The van der Waals surface area contributed by atoms with E-state index in [1.807, 2.05) is 12.1 Å². The standard InChI is InChI=1S/C8H10N2/c1-2-8(9)7-3-5-10-6-4-7/h2-6,8H,1,9H2/t8-/m1/s1. The maximum atomic E-state index is 5.65. The molecule has 1 heterocycles. The summed E-state index contributed by atoms with van der Waals surface area (Å²) in [6.45, 7) is 3.59. The molecule has 0 saturated carbocycles. The molecule has 0 aliphatic heterocycles. The molecule has 0 fully saturated rings. The molecule has 10 heavy (non-hydrogen) atoms. The number of nitrogens with two attached hydrogens (primary N) is 1. The average molecular weight is 134 g/mol. The second kappa shape index (κ2) is 3.13. The highest BCUT2D eigenvalue weighted by Gasteiger charge is 1.96. The molecular formula is C8H10N2. The van der Waals surface area contributed by atoms with Crippen LogP contribution in [-0.4, -0.2) is 4.98 Å². The van der Waals surface area contributed by atoms with E-state index in [9.17, 15) is 0 Å². The summed E-state index contributed by atoms with van der Waals surface area (Å²) < 4.78 is 0. The van der Waals surface area contributed by atoms with E-state index in [0.717, 1.165) is 5.56 Å². The van der Waals surface area contributed by atoms with E-state index in [1.165, 1.54) is 0 Å². The van der Waals surface area contributed by atoms with Gasteiger partial charge in [0.25, 0.3) is 0 Å². The zero-order chi connectivity index (χ0) is 7.40. The highest BCUT2D eigenvalue weighted by Crippen LogP contribution is 2.07. The number of rotatable bonds is 2. The van der Waals surface area contributed by atoms with Crippen LogP contribution < -0.4 is 5.73 Å². The van der Waals surface area contributed by atoms with Crippen LogP contribution >= 0.6 is 0 Å². The number of aromatic nitrogens is 1. The first kappa shape index (κ1) is 6.96. The molecule has 2 nitrogen and oxygen atoms in total. The van der Waals surface area contributed by atoms with Crippen molar-refractivity contribution in [2.45, 2.75) is 6.04 Å². The molecule has 0 aliphatic carbocycles. The minimum absolute atomic E-state index is 0.0667. The first-order valence-electron chi connectivity index (χ1n) is 3.12. The Balaban J connectivity index is 2.84. The predicted octanol–water partition coefficient (Wildman–Crippen LogP) is 1.27. The van der Waals surface area contributed by atoms with Crippen molar-refractivity contribution < 1.29 is 0 Å². The van der Waals surface area contributed by atoms with Crippen LogP contribution in [0.1, 0.15) is 11.6 Å². The summed E-state index contributed by atoms with van der Waals surface area (Å²) in [4.78, 5) is 3.87. The molecule has 0 bridgehead atoms. The summed E-state index contributed by atoms with van der Waals surface area (Å²) in [7, 11) is 0. The zero-order valence-electron chi connectivity index (χ0n) is 5.70. The van der Waals surface area contributed by atoms with Crippen molar-refractivity contribution in [2.24, 2.45) is 5.73 Å². The third kappa shape index (κ3) is 1.42. The van der Waals surface area contributed by atoms with Gasteiger partial charge in [0, 0.05) is 18.4 Å². The Morgan fingerprint density at radius 1 is 1.50 bits per heavy atom. The fourth-order valence-electron chi connectivity index (χ4n) is 0.722. The second-order valence-electron chi connectivity index (χ2n) is 2.04. The maximum absolute atomic E-state index is 5.65. The van der Waals surface area contributed by atoms with Crippen LogP contribution in [0.15, 0.2) is 37.2 Å². The first-order valence-corrected chi connectivity index (χ1v) is 3.12. The summed E-state index contributed by atoms with van der Waals surface area (Å²) in [5.41, 5.74) is 6.69. The molecule has 0 aliphatic rings. The van der Waals surface area contributed by atoms with Gasteiger partial charge in [0.2, 0.25) is 0 Å². The van der Waals surface area contributed by atoms with Gasteiger partial charge in [-0.3, -0.25) is 4.98 Å². The fraction of sp³-hybridized carbons (Fsp3) is 0.125. The molecule has 1 rings (SSSR count). The van der Waals surface area contributed by atoms with E-state index in [2.05, 4.69) is 11.6 Å². The molecule has 0 aromatic carbocycles. The van der Waals surface area contributed by atoms with Gasteiger partial charge >= 0.3 is 0 Å². The Bertz CT molecular complexity index is 206. The Labute approximate surface area is 60.4 Å². The van der Waals surface area contributed by atoms with E-state index in [0.29, 0.717) is 0 Å². The minimum atomic E-state index is -0.0667. The van der Waals surface area contributed by atoms with Crippen LogP contribution in [-0.2, 0) is 0 Å². The predicted molar refractivity (Wildman–Crippen MR) is 41.4 cm³/mol. The molecule has 1 atom stereocenters. The summed E-state index contributed by atoms with van der Waals surface area (Å²) in [5.74, 6) is 0. The molecule has 2 heteroatoms. The second-order valence-corrected chi connectivity index (χ2v) is 2.04. The largest absolute Gasteiger partial charge is 0.321 e. The highest BCUT2D eigenvalue weighted by atomic mass is 14.6. The fourth-order valence-corrected chi connectivity index (χ4v) is 0.722. The quantitative estimate of drug-likeness (QED) is 0.618. The summed E-state index contributed by atoms with van der Waals surface area (Å²) in [5, 5.41) is 0. The molecule has 1 aromatic rings. The minimum Gasteiger partial charge on any atom is -0.321 e. The monoisotopic (exact) mass is 134 g/mol. The van der Waals surface area contributed by atoms with Crippen LogP contribution in [0.4, 0.5) is 0 Å². The van der Waals surface area contributed by atoms with Crippen molar-refractivity contribution in [3.05, 3.63) is 42.7 Å². The van der Waals surface area contributed by atoms with Crippen LogP contribution in [0, 0.1) is 0 Å². The van der Waals surface area contributed by atoms with Crippen molar-refractivity contribution in [2.75, 3.05) is 0 Å². The molecule has 52 valence electrons. The molecule has 0 radical (unpaired) electrons. The van der Waals surface area contributed by atoms with Gasteiger partial charge in [-0.05, 0) is 17.7 Å². The van der Waals surface area contributed by atoms with Gasteiger partial charge in [-0.1, -0.05) is 6.08 Å². The van der Waals surface area contributed by atoms with Crippen molar-refractivity contribution >= 4 is 0 Å². The normalized spacial score (nSPS) is 12.5. The van der Waals surface area contributed by atoms with Crippen molar-refractivity contribution in [1.29, 1.82) is 0 Å². The molecule has 1 aromatic heterocycles. The van der Waals surface area contributed by atoms with Crippen molar-refractivity contribution in [1.82, 2.24) is 4.98 Å². The summed E-state index contributed by atoms with van der Waals surface area (Å²) >= 11 is 0. The Hall–Kier alpha value is -1.15. The number of hydrogen-bond donors (Lipinski definition) is 1. The lowest BCUT2D eigenvalue weighted by Crippen LogP contribution is -2.05. The molecule has 0 unspecified atom stereocenters. The van der Waals surface area contributed by atoms with Crippen LogP contribution in [0.25, 0.3) is 0 Å². The maximum Gasteiger partial charge on any atom is 0.0479 e. The zero-order valence-corrected chi connectivity index (χ0v) is 5.70. The third-order valence-electron chi connectivity index (χ3n) is 1.34. The number of nitrogens with zero attached hydrogens (tertiary/aromatic N) is 1. The van der Waals surface area contributed by atoms with E-state index < -0.39 is 0 Å². The van der Waals surface area contributed by atoms with E-state index in [4.69, 9.17) is 5.73 Å². The SMILES string of the molecule is C=C[C@@H](N)c1ccncc1. The number of pyridine rings is 1. The molecule has 2 N–H and O–H groups in total. The topological polar surface area (TPSA) is 38.9 Å². The van der Waals surface area contributed by atoms with Gasteiger partial charge in [-0.25, -0.2) is 0 Å². The van der Waals surface area contributed by atoms with Gasteiger partial charge in [0.15, 0.2) is 0 Å². The van der Waals surface area contributed by atoms with E-state index in [-0.39, 0.29) is 6.04 Å². The van der Waals surface area contributed by atoms with Gasteiger partial charge in [-0.2, -0.15) is 0 Å². The van der Waals surface area contributed by atoms with E-state index in [1.54, 1.807) is 18.5 Å². The van der Waals surface area contributed by atoms with Gasteiger partial charge in [0.1, 0.15) is 0 Å². The first-order chi connectivity index (χ1) is 4.84. The third-order valence-corrected chi connectivity index (χ3v) is 1.34. The lowest BCUT2D eigenvalue weighted by Gasteiger charge is -2.03. The van der Waals surface area contributed by atoms with Gasteiger partial charge < -0.3 is 5.73 Å². The number of hydrogen-bond acceptors (Lipinski definition) is 2. The van der Waals surface area contributed by atoms with Gasteiger partial charge in [0.05, 0.1) is 0 Å². The van der Waals surface area contributed by atoms with Crippen LogP contribution in [0.3, 0.4) is 0 Å². The van der Waals surface area contributed by atoms with Crippen molar-refractivity contribution in [3.8, 4) is 0 Å². The molecular weight excluding hydrogens is 124 g/mol. The Kier molecular flexibility index (Phi) is 2.18. The van der Waals surface area contributed by atoms with Gasteiger partial charge in [-0.15, -0.1) is 6.58 Å². The molecule has 0 spiro atoms. The average Bonchev–Trinajstić information content (AvgIpc) is 2.05. The lowest BCUT2D eigenvalue weighted by atomic mass is 10.1. The lowest BCUT2D eigenvalue weighted by molar-refractivity contribution is 0.910. The van der Waals surface area contributed by atoms with Crippen LogP contribution in [0.2, 0.25) is 0 Å². The summed E-state index contributed by atoms with van der Waals surface area (Å²) in [6.07, 6.45) is 5.15. The Morgan fingerprint density at radius 3 is 2.60 bits per heavy atom. The van der Waals surface area contributed by atoms with E-state index >= 15 is 0 Å². The van der Waals surface area contributed by atoms with Crippen molar-refractivity contribution in [3.63, 3.8) is 0 Å². The smallest absolute Gasteiger partial charge is 0.0479 e. The summed E-state index contributed by atoms with van der Waals surface area (Å²) in [6, 6.07) is 3.70.